The Balaban J connectivity index is 2.78. The van der Waals surface area contributed by atoms with E-state index in [1.807, 2.05) is 18.7 Å². The second-order valence-electron chi connectivity index (χ2n) is 4.47. The molecule has 0 saturated heterocycles. The van der Waals surface area contributed by atoms with Crippen molar-refractivity contribution in [3.63, 3.8) is 0 Å². The maximum Gasteiger partial charge on any atom is 0.276 e. The number of aryl methyl sites for hydroxylation is 1. The van der Waals surface area contributed by atoms with E-state index >= 15 is 0 Å². The fourth-order valence-corrected chi connectivity index (χ4v) is 1.72. The summed E-state index contributed by atoms with van der Waals surface area (Å²) in [4.78, 5) is 18.3. The van der Waals surface area contributed by atoms with Crippen LogP contribution in [0.4, 0.5) is 0 Å². The van der Waals surface area contributed by atoms with E-state index in [9.17, 15) is 4.79 Å². The lowest BCUT2D eigenvalue weighted by Gasteiger charge is -2.25. The molecule has 1 aromatic rings. The second-order valence-corrected chi connectivity index (χ2v) is 4.47. The lowest BCUT2D eigenvalue weighted by Crippen LogP contribution is -2.37. The molecule has 0 fully saturated rings. The number of hydrogen-bond donors (Lipinski definition) is 0. The molecule has 0 aliphatic carbocycles. The van der Waals surface area contributed by atoms with Gasteiger partial charge in [-0.1, -0.05) is 13.8 Å². The van der Waals surface area contributed by atoms with Crippen molar-refractivity contribution < 1.29 is 9.21 Å². The predicted molar refractivity (Wildman–Crippen MR) is 67.0 cm³/mol. The quantitative estimate of drug-likeness (QED) is 0.765. The zero-order chi connectivity index (χ0) is 12.8. The van der Waals surface area contributed by atoms with Crippen LogP contribution in [0.15, 0.2) is 10.7 Å². The molecular formula is C13H22N2O2. The largest absolute Gasteiger partial charge is 0.448 e. The minimum Gasteiger partial charge on any atom is -0.448 e. The first-order valence-electron chi connectivity index (χ1n) is 6.35. The van der Waals surface area contributed by atoms with E-state index in [2.05, 4.69) is 18.8 Å². The van der Waals surface area contributed by atoms with E-state index < -0.39 is 0 Å². The highest BCUT2D eigenvalue weighted by atomic mass is 16.3. The van der Waals surface area contributed by atoms with Crippen LogP contribution < -0.4 is 0 Å². The van der Waals surface area contributed by atoms with Gasteiger partial charge in [0.15, 0.2) is 11.6 Å². The van der Waals surface area contributed by atoms with Gasteiger partial charge in [0, 0.05) is 19.0 Å². The number of rotatable bonds is 6. The van der Waals surface area contributed by atoms with Crippen molar-refractivity contribution in [1.29, 1.82) is 0 Å². The number of aromatic nitrogens is 1. The number of amides is 1. The summed E-state index contributed by atoms with van der Waals surface area (Å²) < 4.78 is 5.28. The molecule has 17 heavy (non-hydrogen) atoms. The Morgan fingerprint density at radius 3 is 2.65 bits per heavy atom. The highest BCUT2D eigenvalue weighted by molar-refractivity contribution is 5.92. The first-order valence-corrected chi connectivity index (χ1v) is 6.35. The minimum absolute atomic E-state index is 0.0343. The van der Waals surface area contributed by atoms with Crippen molar-refractivity contribution in [2.45, 2.75) is 53.0 Å². The highest BCUT2D eigenvalue weighted by Gasteiger charge is 2.21. The van der Waals surface area contributed by atoms with Crippen molar-refractivity contribution in [2.75, 3.05) is 6.54 Å². The molecule has 1 heterocycles. The summed E-state index contributed by atoms with van der Waals surface area (Å²) in [6.45, 7) is 8.91. The Bertz CT molecular complexity index is 358. The van der Waals surface area contributed by atoms with E-state index in [1.165, 1.54) is 6.26 Å². The number of hydrogen-bond acceptors (Lipinski definition) is 3. The van der Waals surface area contributed by atoms with Gasteiger partial charge in [-0.3, -0.25) is 4.79 Å². The van der Waals surface area contributed by atoms with Crippen LogP contribution in [-0.2, 0) is 6.42 Å². The van der Waals surface area contributed by atoms with E-state index in [0.29, 0.717) is 11.6 Å². The molecule has 4 nitrogen and oxygen atoms in total. The fraction of sp³-hybridized carbons (Fsp3) is 0.692. The molecule has 0 aromatic carbocycles. The first-order chi connectivity index (χ1) is 8.10. The third kappa shape index (κ3) is 3.58. The minimum atomic E-state index is -0.0343. The second kappa shape index (κ2) is 6.42. The normalized spacial score (nSPS) is 10.9. The van der Waals surface area contributed by atoms with Gasteiger partial charge in [-0.2, -0.15) is 0 Å². The van der Waals surface area contributed by atoms with Crippen LogP contribution in [0.1, 0.15) is 56.9 Å². The average molecular weight is 238 g/mol. The number of carbonyl (C=O) groups is 1. The Morgan fingerprint density at radius 1 is 1.41 bits per heavy atom. The van der Waals surface area contributed by atoms with Crippen molar-refractivity contribution >= 4 is 5.91 Å². The van der Waals surface area contributed by atoms with Crippen LogP contribution in [0.2, 0.25) is 0 Å². The number of carbonyl (C=O) groups excluding carboxylic acids is 1. The first kappa shape index (κ1) is 13.7. The molecule has 4 heteroatoms. The molecule has 1 aromatic heterocycles. The van der Waals surface area contributed by atoms with Gasteiger partial charge in [-0.05, 0) is 26.7 Å². The number of oxazole rings is 1. The molecule has 0 radical (unpaired) electrons. The standard InChI is InChI=1S/C13H22N2O2/c1-5-7-12-14-11(9-17-12)13(16)15(8-6-2)10(3)4/h9-10H,5-8H2,1-4H3. The topological polar surface area (TPSA) is 46.3 Å². The van der Waals surface area contributed by atoms with Gasteiger partial charge in [0.05, 0.1) is 0 Å². The highest BCUT2D eigenvalue weighted by Crippen LogP contribution is 2.10. The van der Waals surface area contributed by atoms with E-state index in [0.717, 1.165) is 25.8 Å². The molecule has 0 N–H and O–H groups in total. The van der Waals surface area contributed by atoms with Crippen molar-refractivity contribution in [3.8, 4) is 0 Å². The molecule has 0 unspecified atom stereocenters. The van der Waals surface area contributed by atoms with Crippen LogP contribution in [-0.4, -0.2) is 28.4 Å². The van der Waals surface area contributed by atoms with Crippen LogP contribution >= 0.6 is 0 Å². The maximum absolute atomic E-state index is 12.2. The lowest BCUT2D eigenvalue weighted by atomic mass is 10.2. The SMILES string of the molecule is CCCc1nc(C(=O)N(CCC)C(C)C)co1. The summed E-state index contributed by atoms with van der Waals surface area (Å²) in [6, 6.07) is 0.189. The molecule has 0 atom stereocenters. The molecular weight excluding hydrogens is 216 g/mol. The smallest absolute Gasteiger partial charge is 0.276 e. The molecule has 1 amide bonds. The summed E-state index contributed by atoms with van der Waals surface area (Å²) >= 11 is 0. The van der Waals surface area contributed by atoms with E-state index in [-0.39, 0.29) is 11.9 Å². The van der Waals surface area contributed by atoms with Gasteiger partial charge in [-0.15, -0.1) is 0 Å². The zero-order valence-electron chi connectivity index (χ0n) is 11.2. The van der Waals surface area contributed by atoms with Crippen molar-refractivity contribution in [2.24, 2.45) is 0 Å². The van der Waals surface area contributed by atoms with Gasteiger partial charge in [0.2, 0.25) is 0 Å². The van der Waals surface area contributed by atoms with Gasteiger partial charge in [0.25, 0.3) is 5.91 Å². The lowest BCUT2D eigenvalue weighted by molar-refractivity contribution is 0.0700. The Morgan fingerprint density at radius 2 is 2.12 bits per heavy atom. The van der Waals surface area contributed by atoms with Crippen LogP contribution in [0.3, 0.4) is 0 Å². The molecule has 0 aliphatic rings. The van der Waals surface area contributed by atoms with Gasteiger partial charge >= 0.3 is 0 Å². The van der Waals surface area contributed by atoms with E-state index in [1.54, 1.807) is 0 Å². The monoisotopic (exact) mass is 238 g/mol. The third-order valence-electron chi connectivity index (χ3n) is 2.58. The fourth-order valence-electron chi connectivity index (χ4n) is 1.72. The van der Waals surface area contributed by atoms with E-state index in [4.69, 9.17) is 4.42 Å². The molecule has 0 bridgehead atoms. The van der Waals surface area contributed by atoms with Gasteiger partial charge in [0.1, 0.15) is 6.26 Å². The zero-order valence-corrected chi connectivity index (χ0v) is 11.2. The van der Waals surface area contributed by atoms with Crippen molar-refractivity contribution in [1.82, 2.24) is 9.88 Å². The Labute approximate surface area is 103 Å². The summed E-state index contributed by atoms with van der Waals surface area (Å²) in [5.41, 5.74) is 0.426. The summed E-state index contributed by atoms with van der Waals surface area (Å²) in [6.07, 6.45) is 4.17. The molecule has 1 rings (SSSR count). The summed E-state index contributed by atoms with van der Waals surface area (Å²) in [5.74, 6) is 0.615. The van der Waals surface area contributed by atoms with Crippen LogP contribution in [0, 0.1) is 0 Å². The van der Waals surface area contributed by atoms with Crippen molar-refractivity contribution in [3.05, 3.63) is 17.8 Å². The van der Waals surface area contributed by atoms with Gasteiger partial charge < -0.3 is 9.32 Å². The van der Waals surface area contributed by atoms with Crippen LogP contribution in [0.5, 0.6) is 0 Å². The Kier molecular flexibility index (Phi) is 5.19. The molecule has 0 aliphatic heterocycles. The summed E-state index contributed by atoms with van der Waals surface area (Å²) in [5, 5.41) is 0. The molecule has 0 saturated carbocycles. The van der Waals surface area contributed by atoms with Crippen LogP contribution in [0.25, 0.3) is 0 Å². The molecule has 0 spiro atoms. The third-order valence-corrected chi connectivity index (χ3v) is 2.58. The average Bonchev–Trinajstić information content (AvgIpc) is 2.73. The maximum atomic E-state index is 12.2. The number of nitrogens with zero attached hydrogens (tertiary/aromatic N) is 2. The summed E-state index contributed by atoms with van der Waals surface area (Å²) in [7, 11) is 0. The van der Waals surface area contributed by atoms with Gasteiger partial charge in [-0.25, -0.2) is 4.98 Å². The predicted octanol–water partition coefficient (Wildman–Crippen LogP) is 2.89. The Hall–Kier alpha value is -1.32. The molecule has 96 valence electrons.